The van der Waals surface area contributed by atoms with Gasteiger partial charge in [0.2, 0.25) is 0 Å². The van der Waals surface area contributed by atoms with E-state index in [0.29, 0.717) is 0 Å². The summed E-state index contributed by atoms with van der Waals surface area (Å²) in [7, 11) is 0. The van der Waals surface area contributed by atoms with Crippen molar-refractivity contribution in [2.45, 2.75) is 0 Å². The Balaban J connectivity index is -0.0000000536. The molecule has 0 bridgehead atoms. The zero-order valence-electron chi connectivity index (χ0n) is 8.53. The summed E-state index contributed by atoms with van der Waals surface area (Å²) >= 11 is 0. The second-order valence-electron chi connectivity index (χ2n) is 1.72. The molecular formula is C6Cf2O12. The van der Waals surface area contributed by atoms with Gasteiger partial charge in [-0.25, -0.2) is 0 Å². The summed E-state index contributed by atoms with van der Waals surface area (Å²) < 4.78 is 0. The van der Waals surface area contributed by atoms with Gasteiger partial charge in [-0.05, 0) is 0 Å². The smallest absolute Gasteiger partial charge is 0.543 e. The van der Waals surface area contributed by atoms with E-state index in [0.717, 1.165) is 0 Å². The van der Waals surface area contributed by atoms with Gasteiger partial charge < -0.3 is 59.4 Å². The molecule has 0 aliphatic heterocycles. The number of aliphatic carboxylic acids is 6. The summed E-state index contributed by atoms with van der Waals surface area (Å²) in [5.41, 5.74) is 0. The minimum Gasteiger partial charge on any atom is -0.543 e. The van der Waals surface area contributed by atoms with E-state index in [4.69, 9.17) is 59.4 Å². The molecule has 0 saturated heterocycles. The van der Waals surface area contributed by atoms with Crippen LogP contribution in [-0.4, -0.2) is 35.8 Å². The van der Waals surface area contributed by atoms with Crippen LogP contribution in [0.4, 0.5) is 0 Å². The topological polar surface area (TPSA) is 241 Å². The van der Waals surface area contributed by atoms with Crippen molar-refractivity contribution in [1.29, 1.82) is 0 Å². The normalized spacial score (nSPS) is 6.60. The molecule has 12 nitrogen and oxygen atoms in total. The van der Waals surface area contributed by atoms with Gasteiger partial charge in [0.15, 0.2) is 0 Å². The van der Waals surface area contributed by atoms with Gasteiger partial charge in [0.1, 0.15) is 0 Å². The zero-order valence-corrected chi connectivity index (χ0v) is 13.8. The quantitative estimate of drug-likeness (QED) is 0.209. The Morgan fingerprint density at radius 3 is 0.400 bits per heavy atom. The molecule has 116 valence electrons. The number of hydrogen-bond donors (Lipinski definition) is 0. The number of hydrogen-bond acceptors (Lipinski definition) is 12. The van der Waals surface area contributed by atoms with Crippen LogP contribution < -0.4 is 30.6 Å². The van der Waals surface area contributed by atoms with Gasteiger partial charge in [-0.2, -0.15) is 0 Å². The van der Waals surface area contributed by atoms with Crippen LogP contribution in [0.25, 0.3) is 0 Å². The summed E-state index contributed by atoms with van der Waals surface area (Å²) in [6.07, 6.45) is 0. The average Bonchev–Trinajstić information content (AvgIpc) is 2.18. The van der Waals surface area contributed by atoms with Crippen molar-refractivity contribution < 1.29 is 59.4 Å². The van der Waals surface area contributed by atoms with E-state index in [2.05, 4.69) is 0 Å². The van der Waals surface area contributed by atoms with E-state index in [9.17, 15) is 0 Å². The molecule has 0 rings (SSSR count). The number of carboxylic acids is 6. The van der Waals surface area contributed by atoms with Crippen LogP contribution in [0.1, 0.15) is 0 Å². The van der Waals surface area contributed by atoms with E-state index in [1.54, 1.807) is 0 Å². The average molecular weight is 766 g/mol. The van der Waals surface area contributed by atoms with E-state index in [1.807, 2.05) is 0 Å². The second kappa shape index (κ2) is 13.8. The van der Waals surface area contributed by atoms with Crippen molar-refractivity contribution in [3.05, 3.63) is 0 Å². The summed E-state index contributed by atoms with van der Waals surface area (Å²) in [6, 6.07) is 0. The third kappa shape index (κ3) is 38.5. The Bertz CT molecular complexity index is 281. The third-order valence-corrected chi connectivity index (χ3v) is 0.500. The molecule has 0 atom stereocenters. The molecule has 0 fully saturated rings. The molecule has 0 aliphatic rings. The summed E-state index contributed by atoms with van der Waals surface area (Å²) in [5.74, 6) is -13.1. The molecule has 14 heteroatoms. The fraction of sp³-hybridized carbons (Fsp3) is 0. The Morgan fingerprint density at radius 2 is 0.400 bits per heavy atom. The number of carboxylic acid groups (broad SMARTS) is 6. The molecule has 0 N–H and O–H groups in total. The van der Waals surface area contributed by atoms with Crippen LogP contribution >= 0.6 is 0 Å². The van der Waals surface area contributed by atoms with Gasteiger partial charge in [0.25, 0.3) is 0 Å². The van der Waals surface area contributed by atoms with Gasteiger partial charge in [0.05, 0.1) is 35.8 Å². The molecule has 0 aromatic carbocycles. The molecule has 0 aromatic rings. The summed E-state index contributed by atoms with van der Waals surface area (Å²) in [6.45, 7) is 0. The summed E-state index contributed by atoms with van der Waals surface area (Å²) in [4.78, 5) is 53.6. The van der Waals surface area contributed by atoms with Crippen molar-refractivity contribution >= 4 is 35.8 Å². The SMILES string of the molecule is O=C([O-])C(=O)[O-].O=C([O-])C(=O)[O-].O=C([O-])C(=O)[O-].[Cf+3].[Cf+3]. The minimum atomic E-state index is -2.19. The Hall–Kier alpha value is -5.18. The van der Waals surface area contributed by atoms with Gasteiger partial charge in [-0.15, -0.1) is 0 Å². The van der Waals surface area contributed by atoms with Gasteiger partial charge in [-0.1, -0.05) is 0 Å². The van der Waals surface area contributed by atoms with Crippen LogP contribution in [0.2, 0.25) is 0 Å². The Kier molecular flexibility index (Phi) is 20.3. The maximum Gasteiger partial charge on any atom is 3.00 e. The van der Waals surface area contributed by atoms with Gasteiger partial charge in [-0.3, -0.25) is 0 Å². The molecule has 0 saturated carbocycles. The van der Waals surface area contributed by atoms with Crippen molar-refractivity contribution in [2.75, 3.05) is 0 Å². The van der Waals surface area contributed by atoms with Crippen LogP contribution in [0.5, 0.6) is 0 Å². The second-order valence-corrected chi connectivity index (χ2v) is 1.72. The first-order chi connectivity index (χ1) is 7.93. The zero-order chi connectivity index (χ0) is 15.5. The van der Waals surface area contributed by atoms with Gasteiger partial charge >= 0.3 is 0 Å². The fourth-order valence-electron chi connectivity index (χ4n) is 0. The fourth-order valence-corrected chi connectivity index (χ4v) is 0. The molecule has 0 aliphatic carbocycles. The number of rotatable bonds is 0. The van der Waals surface area contributed by atoms with Crippen molar-refractivity contribution in [3.63, 3.8) is 0 Å². The monoisotopic (exact) mass is 762 g/mol. The molecule has 2 radical (unpaired) electrons. The molecular weight excluding hydrogens is 766 g/mol. The van der Waals surface area contributed by atoms with E-state index < -0.39 is 35.8 Å². The first kappa shape index (κ1) is 29.4. The van der Waals surface area contributed by atoms with Crippen LogP contribution in [-0.2, 0) is 28.8 Å². The number of carbonyl (C=O) groups is 6. The number of carbonyl (C=O) groups excluding carboxylic acids is 6. The van der Waals surface area contributed by atoms with Gasteiger partial charge in [0, 0.05) is 0 Å². The maximum absolute atomic E-state index is 8.93. The molecule has 0 unspecified atom stereocenters. The third-order valence-electron chi connectivity index (χ3n) is 0.500. The van der Waals surface area contributed by atoms with Crippen LogP contribution in [0, 0.1) is 0 Å². The summed E-state index contributed by atoms with van der Waals surface area (Å²) in [5, 5.41) is 53.6. The molecule has 0 spiro atoms. The molecule has 0 heterocycles. The van der Waals surface area contributed by atoms with Crippen molar-refractivity contribution in [3.8, 4) is 0 Å². The van der Waals surface area contributed by atoms with E-state index in [1.165, 1.54) is 0 Å². The van der Waals surface area contributed by atoms with Crippen LogP contribution in [0.15, 0.2) is 0 Å². The first-order valence-electron chi connectivity index (χ1n) is 3.20. The molecule has 0 amide bonds. The Morgan fingerprint density at radius 1 is 0.350 bits per heavy atom. The standard InChI is InChI=1S/3C2H2O4.2Cf/c3*3-1(4)2(5)6;;/h3*(H,3,4)(H,5,6);;/q;;;2*+3/p-6. The molecule has 20 heavy (non-hydrogen) atoms. The van der Waals surface area contributed by atoms with E-state index in [-0.39, 0.29) is 0 Å². The maximum atomic E-state index is 8.93. The van der Waals surface area contributed by atoms with Crippen LogP contribution in [0.3, 0.4) is 0 Å². The molecule has 0 aromatic heterocycles. The Labute approximate surface area is 96.3 Å². The van der Waals surface area contributed by atoms with Crippen molar-refractivity contribution in [2.24, 2.45) is 0 Å². The predicted molar refractivity (Wildman–Crippen MR) is 30.0 cm³/mol. The largest absolute Gasteiger partial charge is 3.00 e. The predicted octanol–water partition coefficient (Wildman–Crippen LogP) is -10.5. The van der Waals surface area contributed by atoms with Crippen molar-refractivity contribution in [1.82, 2.24) is 0 Å². The minimum absolute atomic E-state index is 0. The van der Waals surface area contributed by atoms with E-state index >= 15 is 0 Å². The first-order valence-corrected chi connectivity index (χ1v) is 3.20.